The predicted octanol–water partition coefficient (Wildman–Crippen LogP) is 1.76. The molecule has 0 aliphatic carbocycles. The molecule has 3 rings (SSSR count). The summed E-state index contributed by atoms with van der Waals surface area (Å²) in [7, 11) is 1.75. The first-order valence-electron chi connectivity index (χ1n) is 6.97. The zero-order valence-corrected chi connectivity index (χ0v) is 12.7. The van der Waals surface area contributed by atoms with E-state index in [-0.39, 0.29) is 17.7 Å². The lowest BCUT2D eigenvalue weighted by atomic mass is 10.2. The SMILES string of the molecule is Cc1nn(C)cc1C(=O)Nc1ncn(Cc2cccc(F)c2)n1. The van der Waals surface area contributed by atoms with Crippen LogP contribution in [-0.4, -0.2) is 30.5 Å². The maximum atomic E-state index is 13.2. The van der Waals surface area contributed by atoms with E-state index in [1.807, 2.05) is 0 Å². The second-order valence-corrected chi connectivity index (χ2v) is 5.15. The van der Waals surface area contributed by atoms with Crippen LogP contribution in [0.15, 0.2) is 36.8 Å². The highest BCUT2D eigenvalue weighted by atomic mass is 19.1. The Morgan fingerprint density at radius 3 is 2.87 bits per heavy atom. The molecule has 2 aromatic heterocycles. The highest BCUT2D eigenvalue weighted by Gasteiger charge is 2.14. The summed E-state index contributed by atoms with van der Waals surface area (Å²) in [4.78, 5) is 16.2. The molecule has 2 heterocycles. The van der Waals surface area contributed by atoms with E-state index in [2.05, 4.69) is 20.5 Å². The normalized spacial score (nSPS) is 10.7. The Kier molecular flexibility index (Phi) is 3.88. The van der Waals surface area contributed by atoms with Gasteiger partial charge >= 0.3 is 0 Å². The molecule has 0 aliphatic heterocycles. The minimum absolute atomic E-state index is 0.189. The van der Waals surface area contributed by atoms with E-state index in [0.717, 1.165) is 5.56 Å². The molecule has 1 N–H and O–H groups in total. The lowest BCUT2D eigenvalue weighted by molar-refractivity contribution is 0.102. The first-order chi connectivity index (χ1) is 11.0. The lowest BCUT2D eigenvalue weighted by Gasteiger charge is -2.01. The number of anilines is 1. The number of rotatable bonds is 4. The van der Waals surface area contributed by atoms with Crippen LogP contribution in [-0.2, 0) is 13.6 Å². The third-order valence-electron chi connectivity index (χ3n) is 3.25. The van der Waals surface area contributed by atoms with Crippen molar-refractivity contribution in [1.82, 2.24) is 24.5 Å². The number of benzene rings is 1. The average molecular weight is 314 g/mol. The van der Waals surface area contributed by atoms with E-state index >= 15 is 0 Å². The molecule has 0 unspecified atom stereocenters. The Labute approximate surface area is 131 Å². The monoisotopic (exact) mass is 314 g/mol. The molecule has 0 bridgehead atoms. The smallest absolute Gasteiger partial charge is 0.261 e. The van der Waals surface area contributed by atoms with Gasteiger partial charge in [-0.3, -0.25) is 14.8 Å². The summed E-state index contributed by atoms with van der Waals surface area (Å²) in [6.45, 7) is 2.12. The van der Waals surface area contributed by atoms with Crippen molar-refractivity contribution in [2.24, 2.45) is 7.05 Å². The van der Waals surface area contributed by atoms with E-state index in [1.54, 1.807) is 37.0 Å². The van der Waals surface area contributed by atoms with Gasteiger partial charge in [0, 0.05) is 13.2 Å². The highest BCUT2D eigenvalue weighted by molar-refractivity contribution is 6.03. The molecule has 23 heavy (non-hydrogen) atoms. The van der Waals surface area contributed by atoms with Crippen LogP contribution < -0.4 is 5.32 Å². The van der Waals surface area contributed by atoms with Crippen molar-refractivity contribution in [1.29, 1.82) is 0 Å². The first kappa shape index (κ1) is 14.9. The summed E-state index contributed by atoms with van der Waals surface area (Å²) in [5.41, 5.74) is 1.86. The third kappa shape index (κ3) is 3.42. The van der Waals surface area contributed by atoms with E-state index in [0.29, 0.717) is 17.8 Å². The fraction of sp³-hybridized carbons (Fsp3) is 0.200. The summed E-state index contributed by atoms with van der Waals surface area (Å²) in [5.74, 6) is -0.433. The predicted molar refractivity (Wildman–Crippen MR) is 81.4 cm³/mol. The molecule has 0 spiro atoms. The van der Waals surface area contributed by atoms with Gasteiger partial charge in [0.25, 0.3) is 5.91 Å². The molecule has 0 fully saturated rings. The second-order valence-electron chi connectivity index (χ2n) is 5.15. The van der Waals surface area contributed by atoms with Gasteiger partial charge in [0.15, 0.2) is 0 Å². The number of carbonyl (C=O) groups excluding carboxylic acids is 1. The highest BCUT2D eigenvalue weighted by Crippen LogP contribution is 2.09. The van der Waals surface area contributed by atoms with Crippen molar-refractivity contribution < 1.29 is 9.18 Å². The van der Waals surface area contributed by atoms with Crippen LogP contribution in [0, 0.1) is 12.7 Å². The number of hydrogen-bond donors (Lipinski definition) is 1. The Morgan fingerprint density at radius 2 is 2.17 bits per heavy atom. The van der Waals surface area contributed by atoms with Gasteiger partial charge in [-0.2, -0.15) is 5.10 Å². The van der Waals surface area contributed by atoms with Crippen molar-refractivity contribution in [3.05, 3.63) is 59.4 Å². The van der Waals surface area contributed by atoms with Crippen LogP contribution in [0.2, 0.25) is 0 Å². The third-order valence-corrected chi connectivity index (χ3v) is 3.25. The van der Waals surface area contributed by atoms with Crippen LogP contribution in [0.3, 0.4) is 0 Å². The molecule has 118 valence electrons. The van der Waals surface area contributed by atoms with Crippen LogP contribution in [0.5, 0.6) is 0 Å². The quantitative estimate of drug-likeness (QED) is 0.796. The molecule has 7 nitrogen and oxygen atoms in total. The van der Waals surface area contributed by atoms with Gasteiger partial charge in [-0.25, -0.2) is 14.1 Å². The topological polar surface area (TPSA) is 77.6 Å². The molecule has 0 atom stereocenters. The molecule has 1 amide bonds. The Bertz CT molecular complexity index is 853. The molecule has 0 radical (unpaired) electrons. The minimum Gasteiger partial charge on any atom is -0.289 e. The van der Waals surface area contributed by atoms with Gasteiger partial charge in [-0.15, -0.1) is 5.10 Å². The zero-order chi connectivity index (χ0) is 16.4. The van der Waals surface area contributed by atoms with Gasteiger partial charge in [0.05, 0.1) is 17.8 Å². The van der Waals surface area contributed by atoms with Crippen molar-refractivity contribution in [3.63, 3.8) is 0 Å². The van der Waals surface area contributed by atoms with E-state index in [1.165, 1.54) is 23.1 Å². The molecule has 3 aromatic rings. The van der Waals surface area contributed by atoms with E-state index < -0.39 is 0 Å². The lowest BCUT2D eigenvalue weighted by Crippen LogP contribution is -2.14. The maximum absolute atomic E-state index is 13.2. The number of nitrogens with one attached hydrogen (secondary N) is 1. The summed E-state index contributed by atoms with van der Waals surface area (Å²) >= 11 is 0. The molecular weight excluding hydrogens is 299 g/mol. The summed E-state index contributed by atoms with van der Waals surface area (Å²) in [6, 6.07) is 6.24. The molecule has 1 aromatic carbocycles. The number of amides is 1. The Hall–Kier alpha value is -3.03. The van der Waals surface area contributed by atoms with Crippen LogP contribution in [0.4, 0.5) is 10.3 Å². The summed E-state index contributed by atoms with van der Waals surface area (Å²) < 4.78 is 16.3. The second kappa shape index (κ2) is 5.99. The van der Waals surface area contributed by atoms with Gasteiger partial charge in [-0.05, 0) is 24.6 Å². The van der Waals surface area contributed by atoms with Gasteiger partial charge in [0.2, 0.25) is 5.95 Å². The molecular formula is C15H15FN6O. The number of halogens is 1. The largest absolute Gasteiger partial charge is 0.289 e. The van der Waals surface area contributed by atoms with Crippen molar-refractivity contribution in [3.8, 4) is 0 Å². The number of hydrogen-bond acceptors (Lipinski definition) is 4. The van der Waals surface area contributed by atoms with Crippen molar-refractivity contribution in [2.45, 2.75) is 13.5 Å². The van der Waals surface area contributed by atoms with E-state index in [4.69, 9.17) is 0 Å². The molecule has 0 aliphatic rings. The van der Waals surface area contributed by atoms with E-state index in [9.17, 15) is 9.18 Å². The van der Waals surface area contributed by atoms with Crippen molar-refractivity contribution >= 4 is 11.9 Å². The maximum Gasteiger partial charge on any atom is 0.261 e. The number of aromatic nitrogens is 5. The van der Waals surface area contributed by atoms with Crippen LogP contribution in [0.1, 0.15) is 21.6 Å². The number of carbonyl (C=O) groups is 1. The zero-order valence-electron chi connectivity index (χ0n) is 12.7. The standard InChI is InChI=1S/C15H15FN6O/c1-10-13(8-21(2)19-10)14(23)18-15-17-9-22(20-15)7-11-4-3-5-12(16)6-11/h3-6,8-9H,7H2,1-2H3,(H,18,20,23). The fourth-order valence-corrected chi connectivity index (χ4v) is 2.24. The minimum atomic E-state index is -0.320. The molecule has 8 heteroatoms. The summed E-state index contributed by atoms with van der Waals surface area (Å²) in [6.07, 6.45) is 3.12. The van der Waals surface area contributed by atoms with Crippen molar-refractivity contribution in [2.75, 3.05) is 5.32 Å². The first-order valence-corrected chi connectivity index (χ1v) is 6.97. The van der Waals surface area contributed by atoms with Gasteiger partial charge < -0.3 is 0 Å². The summed E-state index contributed by atoms with van der Waals surface area (Å²) in [5, 5.41) is 10.9. The molecule has 0 saturated heterocycles. The number of aryl methyl sites for hydroxylation is 2. The average Bonchev–Trinajstić information content (AvgIpc) is 3.05. The molecule has 0 saturated carbocycles. The number of nitrogens with zero attached hydrogens (tertiary/aromatic N) is 5. The van der Waals surface area contributed by atoms with Crippen LogP contribution >= 0.6 is 0 Å². The van der Waals surface area contributed by atoms with Gasteiger partial charge in [-0.1, -0.05) is 12.1 Å². The van der Waals surface area contributed by atoms with Crippen LogP contribution in [0.25, 0.3) is 0 Å². The Balaban J connectivity index is 1.70. The fourth-order valence-electron chi connectivity index (χ4n) is 2.24. The van der Waals surface area contributed by atoms with Gasteiger partial charge in [0.1, 0.15) is 12.1 Å². The Morgan fingerprint density at radius 1 is 1.35 bits per heavy atom.